The Kier molecular flexibility index (Phi) is 8.41. The molecule has 0 unspecified atom stereocenters. The summed E-state index contributed by atoms with van der Waals surface area (Å²) in [4.78, 5) is 12.9. The number of unbranched alkanes of at least 4 members (excludes halogenated alkanes) is 4. The van der Waals surface area contributed by atoms with E-state index in [4.69, 9.17) is 8.85 Å². The van der Waals surface area contributed by atoms with E-state index in [2.05, 4.69) is 32.6 Å². The van der Waals surface area contributed by atoms with Crippen LogP contribution in [-0.2, 0) is 10.8 Å². The molecule has 5 heteroatoms. The van der Waals surface area contributed by atoms with Gasteiger partial charge in [0.05, 0.1) is 0 Å². The third-order valence-electron chi connectivity index (χ3n) is 3.68. The van der Waals surface area contributed by atoms with Crippen molar-refractivity contribution in [2.75, 3.05) is 0 Å². The minimum Gasteiger partial charge on any atom is -0.544 e. The zero-order valence-electron chi connectivity index (χ0n) is 17.2. The predicted molar refractivity (Wildman–Crippen MR) is 112 cm³/mol. The van der Waals surface area contributed by atoms with Crippen molar-refractivity contribution in [3.05, 3.63) is 29.3 Å². The van der Waals surface area contributed by atoms with Crippen molar-refractivity contribution in [1.29, 1.82) is 0 Å². The van der Waals surface area contributed by atoms with E-state index in [1.165, 1.54) is 25.7 Å². The second-order valence-corrected chi connectivity index (χ2v) is 17.5. The predicted octanol–water partition coefficient (Wildman–Crippen LogP) is 6.40. The molecule has 1 aromatic rings. The zero-order valence-corrected chi connectivity index (χ0v) is 19.2. The first kappa shape index (κ1) is 22.0. The normalized spacial score (nSPS) is 12.1. The molecule has 0 saturated heterocycles. The van der Waals surface area contributed by atoms with Crippen LogP contribution in [0.3, 0.4) is 0 Å². The van der Waals surface area contributed by atoms with Gasteiger partial charge in [0, 0.05) is 0 Å². The van der Waals surface area contributed by atoms with Crippen LogP contribution in [0, 0.1) is 0 Å². The maximum Gasteiger partial charge on any atom is 0.328 e. The van der Waals surface area contributed by atoms with Crippen molar-refractivity contribution >= 4 is 22.6 Å². The van der Waals surface area contributed by atoms with Crippen molar-refractivity contribution < 1.29 is 13.6 Å². The van der Waals surface area contributed by atoms with Gasteiger partial charge >= 0.3 is 5.97 Å². The van der Waals surface area contributed by atoms with Gasteiger partial charge in [-0.1, -0.05) is 44.7 Å². The van der Waals surface area contributed by atoms with Gasteiger partial charge in [0.15, 0.2) is 0 Å². The molecule has 0 aliphatic rings. The van der Waals surface area contributed by atoms with Crippen LogP contribution in [0.25, 0.3) is 0 Å². The maximum absolute atomic E-state index is 12.9. The van der Waals surface area contributed by atoms with E-state index in [0.29, 0.717) is 11.3 Å². The highest BCUT2D eigenvalue weighted by Gasteiger charge is 2.27. The highest BCUT2D eigenvalue weighted by atomic mass is 28.4. The lowest BCUT2D eigenvalue weighted by atomic mass is 10.00. The van der Waals surface area contributed by atoms with Crippen molar-refractivity contribution in [2.45, 2.75) is 84.7 Å². The SMILES string of the molecule is CCCCCCCc1cccc(O[Si](C)(C)C)c1C(=O)O[Si](C)(C)C. The standard InChI is InChI=1S/C20H36O3Si2/c1-8-9-10-11-12-14-17-15-13-16-18(22-24(2,3)4)19(17)20(21)23-25(5,6)7/h13,15-16H,8-12,14H2,1-7H3. The Labute approximate surface area is 156 Å². The quantitative estimate of drug-likeness (QED) is 0.348. The Bertz CT molecular complexity index is 557. The molecule has 0 radical (unpaired) electrons. The Morgan fingerprint density at radius 2 is 1.56 bits per heavy atom. The van der Waals surface area contributed by atoms with Crippen molar-refractivity contribution in [3.63, 3.8) is 0 Å². The maximum atomic E-state index is 12.9. The second-order valence-electron chi connectivity index (χ2n) is 8.67. The van der Waals surface area contributed by atoms with Gasteiger partial charge in [0.25, 0.3) is 0 Å². The number of rotatable bonds is 10. The fraction of sp³-hybridized carbons (Fsp3) is 0.650. The molecule has 0 bridgehead atoms. The molecule has 1 aromatic carbocycles. The number of carbonyl (C=O) groups is 1. The highest BCUT2D eigenvalue weighted by molar-refractivity contribution is 6.71. The largest absolute Gasteiger partial charge is 0.544 e. The minimum atomic E-state index is -1.95. The molecule has 0 fully saturated rings. The van der Waals surface area contributed by atoms with Crippen LogP contribution in [0.2, 0.25) is 39.3 Å². The van der Waals surface area contributed by atoms with E-state index in [0.717, 1.165) is 18.4 Å². The fourth-order valence-electron chi connectivity index (χ4n) is 2.68. The molecular formula is C20H36O3Si2. The molecular weight excluding hydrogens is 344 g/mol. The lowest BCUT2D eigenvalue weighted by Crippen LogP contribution is -2.32. The summed E-state index contributed by atoms with van der Waals surface area (Å²) < 4.78 is 12.0. The first-order valence-electron chi connectivity index (χ1n) is 9.58. The number of hydrogen-bond acceptors (Lipinski definition) is 3. The molecule has 0 spiro atoms. The summed E-state index contributed by atoms with van der Waals surface area (Å²) in [5.41, 5.74) is 1.72. The summed E-state index contributed by atoms with van der Waals surface area (Å²) in [5, 5.41) is 0. The van der Waals surface area contributed by atoms with Gasteiger partial charge in [-0.3, -0.25) is 0 Å². The van der Waals surface area contributed by atoms with Crippen molar-refractivity contribution in [1.82, 2.24) is 0 Å². The Balaban J connectivity index is 3.05. The zero-order chi connectivity index (χ0) is 19.1. The molecule has 0 heterocycles. The van der Waals surface area contributed by atoms with Crippen LogP contribution in [0.4, 0.5) is 0 Å². The fourth-order valence-corrected chi connectivity index (χ4v) is 4.17. The van der Waals surface area contributed by atoms with Gasteiger partial charge in [-0.05, 0) is 63.8 Å². The Morgan fingerprint density at radius 3 is 2.12 bits per heavy atom. The van der Waals surface area contributed by atoms with Gasteiger partial charge in [0.1, 0.15) is 11.3 Å². The van der Waals surface area contributed by atoms with Crippen molar-refractivity contribution in [2.24, 2.45) is 0 Å². The van der Waals surface area contributed by atoms with Crippen LogP contribution in [0.15, 0.2) is 18.2 Å². The van der Waals surface area contributed by atoms with Crippen LogP contribution < -0.4 is 4.43 Å². The number of carbonyl (C=O) groups excluding carboxylic acids is 1. The lowest BCUT2D eigenvalue weighted by molar-refractivity contribution is 0.0721. The minimum absolute atomic E-state index is 0.212. The molecule has 0 N–H and O–H groups in total. The monoisotopic (exact) mass is 380 g/mol. The van der Waals surface area contributed by atoms with Gasteiger partial charge in [-0.25, -0.2) is 4.79 Å². The van der Waals surface area contributed by atoms with Gasteiger partial charge < -0.3 is 8.85 Å². The summed E-state index contributed by atoms with van der Waals surface area (Å²) in [7, 11) is -3.75. The molecule has 0 amide bonds. The molecule has 142 valence electrons. The summed E-state index contributed by atoms with van der Waals surface area (Å²) in [5.74, 6) is 0.491. The van der Waals surface area contributed by atoms with E-state index in [1.807, 2.05) is 31.8 Å². The molecule has 0 aliphatic carbocycles. The summed E-state index contributed by atoms with van der Waals surface area (Å²) >= 11 is 0. The smallest absolute Gasteiger partial charge is 0.328 e. The van der Waals surface area contributed by atoms with Gasteiger partial charge in [-0.15, -0.1) is 0 Å². The molecule has 3 nitrogen and oxygen atoms in total. The number of aryl methyl sites for hydroxylation is 1. The summed E-state index contributed by atoms with van der Waals surface area (Å²) in [6.07, 6.45) is 6.99. The average Bonchev–Trinajstić information content (AvgIpc) is 2.43. The van der Waals surface area contributed by atoms with Gasteiger partial charge in [-0.2, -0.15) is 0 Å². The topological polar surface area (TPSA) is 35.5 Å². The third kappa shape index (κ3) is 8.72. The first-order chi connectivity index (χ1) is 11.5. The average molecular weight is 381 g/mol. The van der Waals surface area contributed by atoms with Crippen LogP contribution in [0.1, 0.15) is 54.9 Å². The van der Waals surface area contributed by atoms with E-state index < -0.39 is 16.6 Å². The lowest BCUT2D eigenvalue weighted by Gasteiger charge is -2.24. The van der Waals surface area contributed by atoms with Crippen LogP contribution in [0.5, 0.6) is 5.75 Å². The first-order valence-corrected chi connectivity index (χ1v) is 16.4. The molecule has 0 aromatic heterocycles. The molecule has 0 atom stereocenters. The highest BCUT2D eigenvalue weighted by Crippen LogP contribution is 2.28. The Hall–Kier alpha value is -1.08. The number of hydrogen-bond donors (Lipinski definition) is 0. The van der Waals surface area contributed by atoms with Crippen LogP contribution in [-0.4, -0.2) is 22.6 Å². The summed E-state index contributed by atoms with van der Waals surface area (Å²) in [6, 6.07) is 5.97. The van der Waals surface area contributed by atoms with E-state index in [9.17, 15) is 4.79 Å². The number of benzene rings is 1. The van der Waals surface area contributed by atoms with E-state index in [1.54, 1.807) is 0 Å². The van der Waals surface area contributed by atoms with E-state index >= 15 is 0 Å². The van der Waals surface area contributed by atoms with Crippen molar-refractivity contribution in [3.8, 4) is 5.75 Å². The van der Waals surface area contributed by atoms with E-state index in [-0.39, 0.29) is 5.97 Å². The van der Waals surface area contributed by atoms with Gasteiger partial charge in [0.2, 0.25) is 16.6 Å². The van der Waals surface area contributed by atoms with Crippen LogP contribution >= 0.6 is 0 Å². The summed E-state index contributed by atoms with van der Waals surface area (Å²) in [6.45, 7) is 14.8. The third-order valence-corrected chi connectivity index (χ3v) is 5.31. The molecule has 1 rings (SSSR count). The molecule has 0 saturated carbocycles. The molecule has 25 heavy (non-hydrogen) atoms. The Morgan fingerprint density at radius 1 is 0.920 bits per heavy atom. The second kappa shape index (κ2) is 9.57. The molecule has 0 aliphatic heterocycles.